The zero-order valence-corrected chi connectivity index (χ0v) is 11.7. The van der Waals surface area contributed by atoms with Crippen molar-refractivity contribution in [1.29, 1.82) is 5.26 Å². The first-order valence-electron chi connectivity index (χ1n) is 6.19. The highest BCUT2D eigenvalue weighted by Crippen LogP contribution is 2.24. The molecule has 98 valence electrons. The van der Waals surface area contributed by atoms with Crippen LogP contribution in [-0.4, -0.2) is 15.0 Å². The zero-order chi connectivity index (χ0) is 13.9. The van der Waals surface area contributed by atoms with Crippen LogP contribution in [0.15, 0.2) is 41.7 Å². The summed E-state index contributed by atoms with van der Waals surface area (Å²) >= 11 is 1.58. The Hall–Kier alpha value is -2.32. The largest absolute Gasteiger partial charge is 0.333 e. The third-order valence-corrected chi connectivity index (χ3v) is 3.90. The number of fused-ring (bicyclic) bond motifs is 1. The number of aromatic amines is 1. The van der Waals surface area contributed by atoms with Gasteiger partial charge in [-0.15, -0.1) is 0 Å². The molecule has 0 unspecified atom stereocenters. The predicted octanol–water partition coefficient (Wildman–Crippen LogP) is 3.43. The Kier molecular flexibility index (Phi) is 3.40. The fourth-order valence-corrected chi connectivity index (χ4v) is 2.84. The van der Waals surface area contributed by atoms with Gasteiger partial charge in [0.25, 0.3) is 0 Å². The maximum Gasteiger partial charge on any atom is 0.166 e. The molecule has 0 aliphatic heterocycles. The van der Waals surface area contributed by atoms with Crippen molar-refractivity contribution in [2.24, 2.45) is 0 Å². The Morgan fingerprint density at radius 2 is 2.25 bits per heavy atom. The van der Waals surface area contributed by atoms with Gasteiger partial charge in [-0.25, -0.2) is 9.97 Å². The lowest BCUT2D eigenvalue weighted by Crippen LogP contribution is -1.90. The molecule has 0 fully saturated rings. The van der Waals surface area contributed by atoms with Gasteiger partial charge in [0, 0.05) is 11.9 Å². The number of benzene rings is 1. The van der Waals surface area contributed by atoms with Crippen LogP contribution in [0.1, 0.15) is 16.8 Å². The number of aromatic nitrogens is 3. The van der Waals surface area contributed by atoms with Gasteiger partial charge in [0.1, 0.15) is 11.8 Å². The van der Waals surface area contributed by atoms with Gasteiger partial charge in [0.2, 0.25) is 0 Å². The molecule has 0 atom stereocenters. The topological polar surface area (TPSA) is 65.4 Å². The maximum absolute atomic E-state index is 9.02. The second-order valence-electron chi connectivity index (χ2n) is 4.47. The molecule has 0 saturated carbocycles. The van der Waals surface area contributed by atoms with Gasteiger partial charge >= 0.3 is 0 Å². The number of nitrogens with one attached hydrogen (secondary N) is 1. The Labute approximate surface area is 120 Å². The summed E-state index contributed by atoms with van der Waals surface area (Å²) < 4.78 is 0. The van der Waals surface area contributed by atoms with Crippen LogP contribution in [0.2, 0.25) is 0 Å². The lowest BCUT2D eigenvalue weighted by molar-refractivity contribution is 1.08. The minimum Gasteiger partial charge on any atom is -0.333 e. The van der Waals surface area contributed by atoms with Crippen LogP contribution in [0.25, 0.3) is 11.0 Å². The minimum absolute atomic E-state index is 0.479. The Morgan fingerprint density at radius 1 is 1.35 bits per heavy atom. The smallest absolute Gasteiger partial charge is 0.166 e. The highest BCUT2D eigenvalue weighted by molar-refractivity contribution is 7.98. The van der Waals surface area contributed by atoms with E-state index in [9.17, 15) is 0 Å². The molecule has 2 aromatic heterocycles. The molecule has 2 heterocycles. The lowest BCUT2D eigenvalue weighted by atomic mass is 10.2. The summed E-state index contributed by atoms with van der Waals surface area (Å²) in [6.07, 6.45) is 1.64. The van der Waals surface area contributed by atoms with Gasteiger partial charge in [-0.3, -0.25) is 0 Å². The summed E-state index contributed by atoms with van der Waals surface area (Å²) in [4.78, 5) is 11.9. The van der Waals surface area contributed by atoms with Crippen molar-refractivity contribution < 1.29 is 0 Å². The summed E-state index contributed by atoms with van der Waals surface area (Å²) in [5.74, 6) is 0.676. The van der Waals surface area contributed by atoms with Crippen LogP contribution in [0.4, 0.5) is 0 Å². The van der Waals surface area contributed by atoms with Gasteiger partial charge in [-0.1, -0.05) is 23.9 Å². The average Bonchev–Trinajstić information content (AvgIpc) is 2.87. The first-order valence-corrected chi connectivity index (χ1v) is 7.18. The third-order valence-electron chi connectivity index (χ3n) is 2.98. The van der Waals surface area contributed by atoms with E-state index in [0.717, 1.165) is 21.8 Å². The highest BCUT2D eigenvalue weighted by atomic mass is 32.2. The van der Waals surface area contributed by atoms with Gasteiger partial charge in [0.05, 0.1) is 11.0 Å². The summed E-state index contributed by atoms with van der Waals surface area (Å²) in [6, 6.07) is 12.0. The summed E-state index contributed by atoms with van der Waals surface area (Å²) in [5, 5.41) is 9.87. The fourth-order valence-electron chi connectivity index (χ4n) is 1.97. The van der Waals surface area contributed by atoms with Crippen LogP contribution in [0.3, 0.4) is 0 Å². The number of hydrogen-bond donors (Lipinski definition) is 1. The van der Waals surface area contributed by atoms with Crippen LogP contribution < -0.4 is 0 Å². The molecular formula is C15H12N4S. The van der Waals surface area contributed by atoms with Crippen LogP contribution in [0.5, 0.6) is 0 Å². The van der Waals surface area contributed by atoms with E-state index in [1.165, 1.54) is 5.56 Å². The number of rotatable bonds is 3. The van der Waals surface area contributed by atoms with Gasteiger partial charge in [-0.05, 0) is 36.2 Å². The van der Waals surface area contributed by atoms with Crippen molar-refractivity contribution in [3.05, 3.63) is 53.3 Å². The van der Waals surface area contributed by atoms with E-state index in [1.807, 2.05) is 24.3 Å². The minimum atomic E-state index is 0.479. The molecule has 0 aliphatic carbocycles. The average molecular weight is 280 g/mol. The first-order chi connectivity index (χ1) is 9.76. The van der Waals surface area contributed by atoms with Crippen molar-refractivity contribution in [3.63, 3.8) is 0 Å². The molecule has 5 heteroatoms. The summed E-state index contributed by atoms with van der Waals surface area (Å²) in [6.45, 7) is 2.06. The van der Waals surface area contributed by atoms with Crippen molar-refractivity contribution >= 4 is 22.8 Å². The SMILES string of the molecule is Cc1ccc2nc(SCc3cccnc3C#N)[nH]c2c1. The van der Waals surface area contributed by atoms with Crippen molar-refractivity contribution in [2.45, 2.75) is 17.8 Å². The number of hydrogen-bond acceptors (Lipinski definition) is 4. The molecule has 1 aromatic carbocycles. The van der Waals surface area contributed by atoms with Crippen molar-refractivity contribution in [3.8, 4) is 6.07 Å². The summed E-state index contributed by atoms with van der Waals surface area (Å²) in [7, 11) is 0. The lowest BCUT2D eigenvalue weighted by Gasteiger charge is -2.00. The first kappa shape index (κ1) is 12.7. The predicted molar refractivity (Wildman–Crippen MR) is 79.3 cm³/mol. The molecule has 1 N–H and O–H groups in total. The Balaban J connectivity index is 1.82. The van der Waals surface area contributed by atoms with E-state index < -0.39 is 0 Å². The third kappa shape index (κ3) is 2.51. The molecule has 0 amide bonds. The van der Waals surface area contributed by atoms with E-state index in [0.29, 0.717) is 11.4 Å². The molecule has 0 spiro atoms. The Bertz CT molecular complexity index is 801. The zero-order valence-electron chi connectivity index (χ0n) is 10.9. The molecular weight excluding hydrogens is 268 g/mol. The molecule has 4 nitrogen and oxygen atoms in total. The fraction of sp³-hybridized carbons (Fsp3) is 0.133. The molecule has 3 aromatic rings. The number of nitriles is 1. The highest BCUT2D eigenvalue weighted by Gasteiger charge is 2.07. The second kappa shape index (κ2) is 5.35. The molecule has 0 saturated heterocycles. The van der Waals surface area contributed by atoms with E-state index in [1.54, 1.807) is 18.0 Å². The monoisotopic (exact) mass is 280 g/mol. The van der Waals surface area contributed by atoms with Gasteiger partial charge < -0.3 is 4.98 Å². The molecule has 3 rings (SSSR count). The summed E-state index contributed by atoms with van der Waals surface area (Å²) in [5.41, 5.74) is 4.62. The Morgan fingerprint density at radius 3 is 3.10 bits per heavy atom. The number of H-pyrrole nitrogens is 1. The number of pyridine rings is 1. The van der Waals surface area contributed by atoms with Crippen LogP contribution in [-0.2, 0) is 5.75 Å². The number of imidazole rings is 1. The van der Waals surface area contributed by atoms with Gasteiger partial charge in [-0.2, -0.15) is 5.26 Å². The quantitative estimate of drug-likeness (QED) is 0.746. The van der Waals surface area contributed by atoms with Crippen LogP contribution >= 0.6 is 11.8 Å². The van der Waals surface area contributed by atoms with E-state index in [2.05, 4.69) is 34.0 Å². The second-order valence-corrected chi connectivity index (χ2v) is 5.44. The maximum atomic E-state index is 9.02. The molecule has 20 heavy (non-hydrogen) atoms. The molecule has 0 aliphatic rings. The standard InChI is InChI=1S/C15H12N4S/c1-10-4-5-12-13(7-10)19-15(18-12)20-9-11-3-2-6-17-14(11)8-16/h2-7H,9H2,1H3,(H,18,19). The van der Waals surface area contributed by atoms with Crippen LogP contribution in [0, 0.1) is 18.3 Å². The van der Waals surface area contributed by atoms with E-state index in [-0.39, 0.29) is 0 Å². The van der Waals surface area contributed by atoms with Crippen molar-refractivity contribution in [1.82, 2.24) is 15.0 Å². The number of aryl methyl sites for hydroxylation is 1. The molecule has 0 bridgehead atoms. The van der Waals surface area contributed by atoms with Gasteiger partial charge in [0.15, 0.2) is 5.16 Å². The molecule has 0 radical (unpaired) electrons. The van der Waals surface area contributed by atoms with E-state index in [4.69, 9.17) is 5.26 Å². The number of thioether (sulfide) groups is 1. The normalized spacial score (nSPS) is 10.6. The van der Waals surface area contributed by atoms with Crippen molar-refractivity contribution in [2.75, 3.05) is 0 Å². The van der Waals surface area contributed by atoms with E-state index >= 15 is 0 Å². The number of nitrogens with zero attached hydrogens (tertiary/aromatic N) is 3.